The van der Waals surface area contributed by atoms with Crippen LogP contribution in [0.5, 0.6) is 0 Å². The average Bonchev–Trinajstić information content (AvgIpc) is 2.39. The van der Waals surface area contributed by atoms with E-state index in [1.807, 2.05) is 12.1 Å². The van der Waals surface area contributed by atoms with Gasteiger partial charge in [0.15, 0.2) is 4.90 Å². The van der Waals surface area contributed by atoms with E-state index in [4.69, 9.17) is 5.73 Å². The largest absolute Gasteiger partial charge is 0.593 e. The quantitative estimate of drug-likeness (QED) is 0.608. The summed E-state index contributed by atoms with van der Waals surface area (Å²) >= 11 is -1.21. The molecule has 1 fully saturated rings. The number of rotatable bonds is 3. The minimum Gasteiger partial charge on any atom is -0.593 e. The molecular weight excluding hydrogens is 248 g/mol. The van der Waals surface area contributed by atoms with Gasteiger partial charge < -0.3 is 20.1 Å². The molecule has 0 radical (unpaired) electrons. The Hall–Kier alpha value is -0.950. The molecule has 2 rings (SSSR count). The maximum Gasteiger partial charge on any atom is 0.199 e. The molecular formula is C12H20N4OS. The smallest absolute Gasteiger partial charge is 0.199 e. The fourth-order valence-electron chi connectivity index (χ4n) is 2.10. The van der Waals surface area contributed by atoms with Crippen molar-refractivity contribution in [2.45, 2.75) is 4.90 Å². The minimum atomic E-state index is -1.21. The van der Waals surface area contributed by atoms with E-state index in [1.54, 1.807) is 13.1 Å². The van der Waals surface area contributed by atoms with Gasteiger partial charge >= 0.3 is 0 Å². The van der Waals surface area contributed by atoms with E-state index in [1.165, 1.54) is 0 Å². The van der Waals surface area contributed by atoms with Crippen LogP contribution in [0.4, 0.5) is 11.4 Å². The number of nitrogens with two attached hydrogens (primary N) is 1. The Morgan fingerprint density at radius 1 is 1.28 bits per heavy atom. The number of nitrogens with zero attached hydrogens (tertiary/aromatic N) is 2. The van der Waals surface area contributed by atoms with Crippen LogP contribution in [-0.2, 0) is 11.4 Å². The summed E-state index contributed by atoms with van der Waals surface area (Å²) < 4.78 is 14.8. The van der Waals surface area contributed by atoms with Crippen molar-refractivity contribution in [3.63, 3.8) is 0 Å². The number of nitrogens with one attached hydrogen (secondary N) is 1. The number of hydrogen-bond acceptors (Lipinski definition) is 5. The molecule has 6 heteroatoms. The zero-order valence-electron chi connectivity index (χ0n) is 10.8. The zero-order chi connectivity index (χ0) is 13.1. The molecule has 0 aromatic heterocycles. The van der Waals surface area contributed by atoms with E-state index in [2.05, 4.69) is 21.6 Å². The Balaban J connectivity index is 2.26. The third-order valence-corrected chi connectivity index (χ3v) is 4.31. The second kappa shape index (κ2) is 5.79. The van der Waals surface area contributed by atoms with E-state index in [0.717, 1.165) is 36.8 Å². The predicted octanol–water partition coefficient (Wildman–Crippen LogP) is 0.263. The summed E-state index contributed by atoms with van der Waals surface area (Å²) in [6.45, 7) is 3.95. The van der Waals surface area contributed by atoms with Crippen LogP contribution in [0.15, 0.2) is 23.1 Å². The molecule has 5 nitrogen and oxygen atoms in total. The van der Waals surface area contributed by atoms with Crippen LogP contribution >= 0.6 is 0 Å². The standard InChI is InChI=1S/C12H20N4OS/c1-14-18(17)12-9-10(13)3-4-11(12)16-7-5-15(2)6-8-16/h3-4,9,14H,5-8,13H2,1-2H3. The lowest BCUT2D eigenvalue weighted by atomic mass is 10.2. The van der Waals surface area contributed by atoms with E-state index in [9.17, 15) is 4.55 Å². The summed E-state index contributed by atoms with van der Waals surface area (Å²) in [5, 5.41) is 0. The molecule has 0 aliphatic carbocycles. The van der Waals surface area contributed by atoms with E-state index >= 15 is 0 Å². The van der Waals surface area contributed by atoms with Crippen molar-refractivity contribution >= 4 is 22.7 Å². The van der Waals surface area contributed by atoms with Gasteiger partial charge in [0.25, 0.3) is 0 Å². The zero-order valence-corrected chi connectivity index (χ0v) is 11.7. The highest BCUT2D eigenvalue weighted by molar-refractivity contribution is 7.89. The third-order valence-electron chi connectivity index (χ3n) is 3.21. The highest BCUT2D eigenvalue weighted by atomic mass is 32.2. The number of piperazine rings is 1. The Labute approximate surface area is 111 Å². The molecule has 100 valence electrons. The predicted molar refractivity (Wildman–Crippen MR) is 76.0 cm³/mol. The molecule has 1 aromatic carbocycles. The first-order valence-corrected chi connectivity index (χ1v) is 7.19. The molecule has 1 atom stereocenters. The Bertz CT molecular complexity index is 407. The Morgan fingerprint density at radius 2 is 1.94 bits per heavy atom. The molecule has 0 bridgehead atoms. The number of benzene rings is 1. The minimum absolute atomic E-state index is 0.645. The highest BCUT2D eigenvalue weighted by Crippen LogP contribution is 2.28. The van der Waals surface area contributed by atoms with E-state index in [0.29, 0.717) is 5.69 Å². The summed E-state index contributed by atoms with van der Waals surface area (Å²) in [5.74, 6) is 0. The van der Waals surface area contributed by atoms with Crippen LogP contribution in [-0.4, -0.2) is 49.7 Å². The molecule has 1 aliphatic heterocycles. The van der Waals surface area contributed by atoms with Gasteiger partial charge in [0.2, 0.25) is 0 Å². The van der Waals surface area contributed by atoms with Gasteiger partial charge in [0.1, 0.15) is 0 Å². The van der Waals surface area contributed by atoms with Crippen molar-refractivity contribution < 1.29 is 4.55 Å². The molecule has 3 N–H and O–H groups in total. The van der Waals surface area contributed by atoms with Crippen molar-refractivity contribution in [1.29, 1.82) is 0 Å². The second-order valence-electron chi connectivity index (χ2n) is 4.49. The summed E-state index contributed by atoms with van der Waals surface area (Å²) in [5.41, 5.74) is 7.45. The van der Waals surface area contributed by atoms with E-state index < -0.39 is 11.4 Å². The van der Waals surface area contributed by atoms with Gasteiger partial charge in [-0.1, -0.05) is 0 Å². The molecule has 1 saturated heterocycles. The van der Waals surface area contributed by atoms with Gasteiger partial charge in [-0.05, 0) is 19.2 Å². The van der Waals surface area contributed by atoms with E-state index in [-0.39, 0.29) is 0 Å². The van der Waals surface area contributed by atoms with Crippen LogP contribution < -0.4 is 15.4 Å². The van der Waals surface area contributed by atoms with Crippen LogP contribution in [0, 0.1) is 0 Å². The van der Waals surface area contributed by atoms with Gasteiger partial charge in [0, 0.05) is 45.0 Å². The third kappa shape index (κ3) is 2.89. The first kappa shape index (κ1) is 13.5. The number of anilines is 2. The van der Waals surface area contributed by atoms with Crippen molar-refractivity contribution in [3.8, 4) is 0 Å². The molecule has 1 aromatic rings. The summed E-state index contributed by atoms with van der Waals surface area (Å²) in [4.78, 5) is 5.33. The monoisotopic (exact) mass is 268 g/mol. The van der Waals surface area contributed by atoms with Crippen LogP contribution in [0.1, 0.15) is 0 Å². The SMILES string of the molecule is CN[S+]([O-])c1cc(N)ccc1N1CCN(C)CC1. The fourth-order valence-corrected chi connectivity index (χ4v) is 2.95. The van der Waals surface area contributed by atoms with Crippen molar-refractivity contribution in [3.05, 3.63) is 18.2 Å². The molecule has 1 heterocycles. The first-order valence-electron chi connectivity index (χ1n) is 6.04. The first-order chi connectivity index (χ1) is 8.61. The maximum absolute atomic E-state index is 12.0. The average molecular weight is 268 g/mol. The Morgan fingerprint density at radius 3 is 2.56 bits per heavy atom. The number of likely N-dealkylation sites (N-methyl/N-ethyl adjacent to an activating group) is 1. The molecule has 1 aliphatic rings. The topological polar surface area (TPSA) is 67.6 Å². The van der Waals surface area contributed by atoms with Gasteiger partial charge in [-0.2, -0.15) is 0 Å². The molecule has 18 heavy (non-hydrogen) atoms. The van der Waals surface area contributed by atoms with Gasteiger partial charge in [-0.15, -0.1) is 4.72 Å². The summed E-state index contributed by atoms with van der Waals surface area (Å²) in [7, 11) is 3.81. The lowest BCUT2D eigenvalue weighted by molar-refractivity contribution is 0.312. The van der Waals surface area contributed by atoms with Gasteiger partial charge in [-0.25, -0.2) is 0 Å². The van der Waals surface area contributed by atoms with Crippen molar-refractivity contribution in [1.82, 2.24) is 9.62 Å². The number of hydrogen-bond donors (Lipinski definition) is 2. The van der Waals surface area contributed by atoms with Gasteiger partial charge in [-0.3, -0.25) is 0 Å². The molecule has 1 unspecified atom stereocenters. The number of nitrogen functional groups attached to an aromatic ring is 1. The van der Waals surface area contributed by atoms with Crippen molar-refractivity contribution in [2.75, 3.05) is 50.9 Å². The summed E-state index contributed by atoms with van der Waals surface area (Å²) in [6, 6.07) is 5.62. The summed E-state index contributed by atoms with van der Waals surface area (Å²) in [6.07, 6.45) is 0. The fraction of sp³-hybridized carbons (Fsp3) is 0.500. The second-order valence-corrected chi connectivity index (χ2v) is 5.88. The molecule has 0 spiro atoms. The van der Waals surface area contributed by atoms with Crippen LogP contribution in [0.25, 0.3) is 0 Å². The normalized spacial score (nSPS) is 18.9. The van der Waals surface area contributed by atoms with Gasteiger partial charge in [0.05, 0.1) is 17.0 Å². The molecule has 0 saturated carbocycles. The highest BCUT2D eigenvalue weighted by Gasteiger charge is 2.22. The maximum atomic E-state index is 12.0. The molecule has 0 amide bonds. The van der Waals surface area contributed by atoms with Crippen LogP contribution in [0.2, 0.25) is 0 Å². The van der Waals surface area contributed by atoms with Crippen LogP contribution in [0.3, 0.4) is 0 Å². The Kier molecular flexibility index (Phi) is 4.34. The lowest BCUT2D eigenvalue weighted by Gasteiger charge is -2.34. The van der Waals surface area contributed by atoms with Crippen molar-refractivity contribution in [2.24, 2.45) is 0 Å². The lowest BCUT2D eigenvalue weighted by Crippen LogP contribution is -2.45.